The largest absolute Gasteiger partial charge is 0.379 e. The lowest BCUT2D eigenvalue weighted by Crippen LogP contribution is -2.26. The number of ether oxygens (including phenoxy) is 1. The Morgan fingerprint density at radius 1 is 1.56 bits per heavy atom. The maximum Gasteiger partial charge on any atom is 0.0623 e. The zero-order chi connectivity index (χ0) is 12.2. The highest BCUT2D eigenvalue weighted by Crippen LogP contribution is 2.23. The van der Waals surface area contributed by atoms with Crippen LogP contribution in [0.1, 0.15) is 38.4 Å². The molecule has 1 aromatic rings. The molecule has 0 aromatic carbocycles. The van der Waals surface area contributed by atoms with Gasteiger partial charge < -0.3 is 10.1 Å². The Balaban J connectivity index is 2.60. The Kier molecular flexibility index (Phi) is 4.50. The summed E-state index contributed by atoms with van der Waals surface area (Å²) >= 11 is 0. The van der Waals surface area contributed by atoms with Crippen LogP contribution in [0.4, 0.5) is 0 Å². The van der Waals surface area contributed by atoms with Gasteiger partial charge in [0.25, 0.3) is 0 Å². The topological polar surface area (TPSA) is 39.1 Å². The predicted octanol–water partition coefficient (Wildman–Crippen LogP) is 1.89. The standard InChI is InChI=1S/C12H23N3O/c1-12(2,16-5)8-6-10(13-3)11-7-9-14-15(11)4/h7,9-10,13H,6,8H2,1-5H3. The molecule has 16 heavy (non-hydrogen) atoms. The van der Waals surface area contributed by atoms with Crippen LogP contribution in [0.3, 0.4) is 0 Å². The van der Waals surface area contributed by atoms with Crippen LogP contribution < -0.4 is 5.32 Å². The molecule has 0 radical (unpaired) electrons. The maximum atomic E-state index is 5.43. The van der Waals surface area contributed by atoms with Crippen LogP contribution in [0.5, 0.6) is 0 Å². The van der Waals surface area contributed by atoms with E-state index in [0.717, 1.165) is 12.8 Å². The smallest absolute Gasteiger partial charge is 0.0623 e. The van der Waals surface area contributed by atoms with Gasteiger partial charge in [-0.2, -0.15) is 5.10 Å². The van der Waals surface area contributed by atoms with E-state index >= 15 is 0 Å². The van der Waals surface area contributed by atoms with Gasteiger partial charge in [0, 0.05) is 26.4 Å². The number of nitrogens with zero attached hydrogens (tertiary/aromatic N) is 2. The Labute approximate surface area is 98.0 Å². The van der Waals surface area contributed by atoms with Crippen LogP contribution >= 0.6 is 0 Å². The van der Waals surface area contributed by atoms with E-state index in [4.69, 9.17) is 4.74 Å². The first-order valence-corrected chi connectivity index (χ1v) is 5.70. The molecule has 0 saturated heterocycles. The molecule has 0 bridgehead atoms. The number of hydrogen-bond donors (Lipinski definition) is 1. The van der Waals surface area contributed by atoms with E-state index in [1.165, 1.54) is 5.69 Å². The van der Waals surface area contributed by atoms with Gasteiger partial charge in [0.15, 0.2) is 0 Å². The number of nitrogens with one attached hydrogen (secondary N) is 1. The fourth-order valence-corrected chi connectivity index (χ4v) is 1.76. The lowest BCUT2D eigenvalue weighted by atomic mass is 9.97. The second-order valence-electron chi connectivity index (χ2n) is 4.72. The molecule has 1 unspecified atom stereocenters. The van der Waals surface area contributed by atoms with E-state index in [0.29, 0.717) is 6.04 Å². The minimum atomic E-state index is -0.0618. The summed E-state index contributed by atoms with van der Waals surface area (Å²) in [5, 5.41) is 7.52. The molecule has 0 spiro atoms. The number of hydrogen-bond acceptors (Lipinski definition) is 3. The van der Waals surface area contributed by atoms with Gasteiger partial charge in [-0.25, -0.2) is 0 Å². The highest BCUT2D eigenvalue weighted by atomic mass is 16.5. The molecule has 1 rings (SSSR count). The minimum absolute atomic E-state index is 0.0618. The second-order valence-corrected chi connectivity index (χ2v) is 4.72. The summed E-state index contributed by atoms with van der Waals surface area (Å²) in [4.78, 5) is 0. The first kappa shape index (κ1) is 13.2. The first-order valence-electron chi connectivity index (χ1n) is 5.70. The average molecular weight is 225 g/mol. The minimum Gasteiger partial charge on any atom is -0.379 e. The van der Waals surface area contributed by atoms with Crippen LogP contribution in [0.25, 0.3) is 0 Å². The zero-order valence-corrected chi connectivity index (χ0v) is 10.9. The Bertz CT molecular complexity index is 320. The van der Waals surface area contributed by atoms with E-state index < -0.39 is 0 Å². The molecule has 1 atom stereocenters. The van der Waals surface area contributed by atoms with E-state index in [-0.39, 0.29) is 5.60 Å². The van der Waals surface area contributed by atoms with Crippen molar-refractivity contribution >= 4 is 0 Å². The Morgan fingerprint density at radius 3 is 2.69 bits per heavy atom. The summed E-state index contributed by atoms with van der Waals surface area (Å²) in [6.07, 6.45) is 3.89. The van der Waals surface area contributed by atoms with Gasteiger partial charge in [0.1, 0.15) is 0 Å². The first-order chi connectivity index (χ1) is 7.50. The molecule has 0 aliphatic carbocycles. The highest BCUT2D eigenvalue weighted by molar-refractivity contribution is 5.06. The van der Waals surface area contributed by atoms with Crippen molar-refractivity contribution in [1.82, 2.24) is 15.1 Å². The molecule has 1 aromatic heterocycles. The van der Waals surface area contributed by atoms with Crippen molar-refractivity contribution in [2.75, 3.05) is 14.2 Å². The highest BCUT2D eigenvalue weighted by Gasteiger charge is 2.20. The Morgan fingerprint density at radius 2 is 2.25 bits per heavy atom. The SMILES string of the molecule is CNC(CCC(C)(C)OC)c1ccnn1C. The van der Waals surface area contributed by atoms with Crippen molar-refractivity contribution in [3.05, 3.63) is 18.0 Å². The van der Waals surface area contributed by atoms with Crippen molar-refractivity contribution in [1.29, 1.82) is 0 Å². The molecule has 0 fully saturated rings. The van der Waals surface area contributed by atoms with Crippen LogP contribution in [0, 0.1) is 0 Å². The normalized spacial score (nSPS) is 14.1. The molecule has 1 N–H and O–H groups in total. The average Bonchev–Trinajstić information content (AvgIpc) is 2.66. The number of rotatable bonds is 6. The number of methoxy groups -OCH3 is 1. The third kappa shape index (κ3) is 3.32. The zero-order valence-electron chi connectivity index (χ0n) is 10.9. The third-order valence-corrected chi connectivity index (χ3v) is 3.15. The fraction of sp³-hybridized carbons (Fsp3) is 0.750. The number of aryl methyl sites for hydroxylation is 1. The molecule has 1 heterocycles. The molecular weight excluding hydrogens is 202 g/mol. The maximum absolute atomic E-state index is 5.43. The summed E-state index contributed by atoms with van der Waals surface area (Å²) in [6.45, 7) is 4.23. The van der Waals surface area contributed by atoms with E-state index in [1.54, 1.807) is 7.11 Å². The van der Waals surface area contributed by atoms with Gasteiger partial charge in [-0.15, -0.1) is 0 Å². The second kappa shape index (κ2) is 5.46. The molecule has 4 heteroatoms. The van der Waals surface area contributed by atoms with Crippen LogP contribution in [0.15, 0.2) is 12.3 Å². The lowest BCUT2D eigenvalue weighted by molar-refractivity contribution is 0.0117. The van der Waals surface area contributed by atoms with Crippen molar-refractivity contribution in [3.8, 4) is 0 Å². The molecule has 0 aliphatic rings. The number of aromatic nitrogens is 2. The quantitative estimate of drug-likeness (QED) is 0.803. The summed E-state index contributed by atoms with van der Waals surface area (Å²) in [5.41, 5.74) is 1.16. The monoisotopic (exact) mass is 225 g/mol. The van der Waals surface area contributed by atoms with Gasteiger partial charge in [0.05, 0.1) is 11.3 Å². The lowest BCUT2D eigenvalue weighted by Gasteiger charge is -2.25. The summed E-state index contributed by atoms with van der Waals surface area (Å²) in [5.74, 6) is 0. The molecule has 4 nitrogen and oxygen atoms in total. The summed E-state index contributed by atoms with van der Waals surface area (Å²) in [6, 6.07) is 2.39. The molecule has 0 aliphatic heterocycles. The van der Waals surface area contributed by atoms with E-state index in [9.17, 15) is 0 Å². The summed E-state index contributed by atoms with van der Waals surface area (Å²) in [7, 11) is 5.72. The summed E-state index contributed by atoms with van der Waals surface area (Å²) < 4.78 is 7.35. The van der Waals surface area contributed by atoms with E-state index in [2.05, 4.69) is 30.3 Å². The van der Waals surface area contributed by atoms with Gasteiger partial charge in [-0.3, -0.25) is 4.68 Å². The van der Waals surface area contributed by atoms with Crippen molar-refractivity contribution < 1.29 is 4.74 Å². The van der Waals surface area contributed by atoms with E-state index in [1.807, 2.05) is 25.0 Å². The van der Waals surface area contributed by atoms with Gasteiger partial charge in [-0.1, -0.05) is 0 Å². The van der Waals surface area contributed by atoms with Crippen molar-refractivity contribution in [2.24, 2.45) is 7.05 Å². The van der Waals surface area contributed by atoms with Gasteiger partial charge in [-0.05, 0) is 39.8 Å². The van der Waals surface area contributed by atoms with Crippen LogP contribution in [0.2, 0.25) is 0 Å². The Hall–Kier alpha value is -0.870. The van der Waals surface area contributed by atoms with Crippen molar-refractivity contribution in [2.45, 2.75) is 38.3 Å². The molecule has 0 amide bonds. The van der Waals surface area contributed by atoms with Crippen LogP contribution in [-0.2, 0) is 11.8 Å². The predicted molar refractivity (Wildman–Crippen MR) is 65.3 cm³/mol. The van der Waals surface area contributed by atoms with Gasteiger partial charge in [0.2, 0.25) is 0 Å². The van der Waals surface area contributed by atoms with Crippen LogP contribution in [-0.4, -0.2) is 29.5 Å². The van der Waals surface area contributed by atoms with Crippen molar-refractivity contribution in [3.63, 3.8) is 0 Å². The third-order valence-electron chi connectivity index (χ3n) is 3.15. The molecule has 92 valence electrons. The van der Waals surface area contributed by atoms with Gasteiger partial charge >= 0.3 is 0 Å². The molecular formula is C12H23N3O. The molecule has 0 saturated carbocycles. The fourth-order valence-electron chi connectivity index (χ4n) is 1.76.